The predicted octanol–water partition coefficient (Wildman–Crippen LogP) is 6.36. The van der Waals surface area contributed by atoms with E-state index < -0.39 is 0 Å². The molecule has 0 atom stereocenters. The van der Waals surface area contributed by atoms with Crippen molar-refractivity contribution in [2.45, 2.75) is 66.8 Å². The molecule has 0 bridgehead atoms. The first-order valence-electron chi connectivity index (χ1n) is 9.94. The Morgan fingerprint density at radius 1 is 1.21 bits per heavy atom. The van der Waals surface area contributed by atoms with Crippen molar-refractivity contribution in [3.05, 3.63) is 34.5 Å². The molecule has 0 fully saturated rings. The van der Waals surface area contributed by atoms with Crippen LogP contribution in [0.1, 0.15) is 63.9 Å². The summed E-state index contributed by atoms with van der Waals surface area (Å²) in [7, 11) is 2.01. The third-order valence-corrected chi connectivity index (χ3v) is 6.44. The smallest absolute Gasteiger partial charge is 0.218 e. The normalized spacial score (nSPS) is 12.1. The van der Waals surface area contributed by atoms with Gasteiger partial charge in [0.05, 0.1) is 17.7 Å². The molecule has 1 aromatic carbocycles. The van der Waals surface area contributed by atoms with Crippen LogP contribution in [0.2, 0.25) is 0 Å². The summed E-state index contributed by atoms with van der Waals surface area (Å²) in [6, 6.07) is 6.69. The van der Waals surface area contributed by atoms with Crippen molar-refractivity contribution in [1.29, 1.82) is 5.26 Å². The molecule has 0 amide bonds. The Balaban J connectivity index is 2.36. The lowest BCUT2D eigenvalue weighted by Crippen LogP contribution is -2.25. The quantitative estimate of drug-likeness (QED) is 0.392. The van der Waals surface area contributed by atoms with Gasteiger partial charge in [0.1, 0.15) is 17.4 Å². The van der Waals surface area contributed by atoms with Gasteiger partial charge in [-0.05, 0) is 56.9 Å². The van der Waals surface area contributed by atoms with Crippen molar-refractivity contribution in [3.63, 3.8) is 0 Å². The van der Waals surface area contributed by atoms with Crippen molar-refractivity contribution in [1.82, 2.24) is 9.27 Å². The van der Waals surface area contributed by atoms with Crippen LogP contribution in [0.4, 0.5) is 5.69 Å². The van der Waals surface area contributed by atoms with Gasteiger partial charge in [0, 0.05) is 30.0 Å². The van der Waals surface area contributed by atoms with E-state index in [0.29, 0.717) is 22.6 Å². The SMILES string of the molecule is Cc1cc(Oc2snc(C(C)(C)C(C)C)c2C#N)c(C)cc1N=CN(C)C(C)C. The van der Waals surface area contributed by atoms with E-state index in [1.165, 1.54) is 11.5 Å². The highest BCUT2D eigenvalue weighted by atomic mass is 32.1. The molecule has 0 aliphatic carbocycles. The van der Waals surface area contributed by atoms with Crippen LogP contribution in [0.5, 0.6) is 10.8 Å². The molecule has 0 saturated heterocycles. The summed E-state index contributed by atoms with van der Waals surface area (Å²) >= 11 is 1.24. The maximum absolute atomic E-state index is 9.76. The molecule has 29 heavy (non-hydrogen) atoms. The molecular formula is C23H32N4OS. The number of hydrogen-bond donors (Lipinski definition) is 0. The van der Waals surface area contributed by atoms with Crippen LogP contribution in [-0.4, -0.2) is 28.7 Å². The van der Waals surface area contributed by atoms with Gasteiger partial charge in [-0.15, -0.1) is 0 Å². The number of aliphatic imine (C=N–C) groups is 1. The Morgan fingerprint density at radius 3 is 2.41 bits per heavy atom. The van der Waals surface area contributed by atoms with Gasteiger partial charge in [-0.25, -0.2) is 4.99 Å². The molecule has 0 aliphatic rings. The summed E-state index contributed by atoms with van der Waals surface area (Å²) in [5, 5.41) is 10.3. The van der Waals surface area contributed by atoms with E-state index in [0.717, 1.165) is 28.3 Å². The Hall–Kier alpha value is -2.39. The van der Waals surface area contributed by atoms with Gasteiger partial charge in [0.2, 0.25) is 5.06 Å². The number of rotatable bonds is 7. The van der Waals surface area contributed by atoms with Crippen molar-refractivity contribution in [2.24, 2.45) is 10.9 Å². The average molecular weight is 413 g/mol. The Morgan fingerprint density at radius 2 is 1.86 bits per heavy atom. The molecule has 0 unspecified atom stereocenters. The van der Waals surface area contributed by atoms with Crippen LogP contribution >= 0.6 is 11.5 Å². The molecule has 0 N–H and O–H groups in total. The molecule has 0 radical (unpaired) electrons. The number of nitriles is 1. The molecule has 2 aromatic rings. The Kier molecular flexibility index (Phi) is 7.07. The van der Waals surface area contributed by atoms with Crippen LogP contribution in [0.25, 0.3) is 0 Å². The number of ether oxygens (including phenoxy) is 1. The number of aryl methyl sites for hydroxylation is 2. The highest BCUT2D eigenvalue weighted by Gasteiger charge is 2.32. The Bertz CT molecular complexity index is 935. The highest BCUT2D eigenvalue weighted by molar-refractivity contribution is 7.08. The average Bonchev–Trinajstić information content (AvgIpc) is 3.06. The van der Waals surface area contributed by atoms with E-state index in [9.17, 15) is 5.26 Å². The fourth-order valence-corrected chi connectivity index (χ4v) is 3.43. The monoisotopic (exact) mass is 412 g/mol. The number of hydrogen-bond acceptors (Lipinski definition) is 5. The maximum Gasteiger partial charge on any atom is 0.218 e. The molecule has 0 saturated carbocycles. The predicted molar refractivity (Wildman–Crippen MR) is 122 cm³/mol. The zero-order chi connectivity index (χ0) is 21.9. The van der Waals surface area contributed by atoms with Gasteiger partial charge in [-0.1, -0.05) is 27.7 Å². The molecule has 1 heterocycles. The van der Waals surface area contributed by atoms with E-state index >= 15 is 0 Å². The largest absolute Gasteiger partial charge is 0.443 e. The van der Waals surface area contributed by atoms with Crippen molar-refractivity contribution in [3.8, 4) is 16.9 Å². The second-order valence-corrected chi connectivity index (χ2v) is 9.43. The third kappa shape index (κ3) is 4.97. The van der Waals surface area contributed by atoms with Gasteiger partial charge in [-0.3, -0.25) is 0 Å². The minimum atomic E-state index is -0.199. The molecule has 0 aliphatic heterocycles. The van der Waals surface area contributed by atoms with Crippen LogP contribution in [0, 0.1) is 31.1 Å². The van der Waals surface area contributed by atoms with Gasteiger partial charge in [-0.2, -0.15) is 9.64 Å². The highest BCUT2D eigenvalue weighted by Crippen LogP contribution is 2.41. The van der Waals surface area contributed by atoms with E-state index in [-0.39, 0.29) is 5.41 Å². The second-order valence-electron chi connectivity index (χ2n) is 8.69. The second kappa shape index (κ2) is 8.96. The summed E-state index contributed by atoms with van der Waals surface area (Å²) in [6.07, 6.45) is 1.85. The summed E-state index contributed by atoms with van der Waals surface area (Å²) in [5.41, 5.74) is 4.04. The van der Waals surface area contributed by atoms with Gasteiger partial charge in [0.15, 0.2) is 0 Å². The number of nitrogens with zero attached hydrogens (tertiary/aromatic N) is 4. The van der Waals surface area contributed by atoms with Gasteiger partial charge in [0.25, 0.3) is 0 Å². The van der Waals surface area contributed by atoms with Crippen LogP contribution in [0.15, 0.2) is 17.1 Å². The Labute approximate surface area is 179 Å². The number of benzene rings is 1. The molecule has 0 spiro atoms. The third-order valence-electron chi connectivity index (χ3n) is 5.72. The number of aromatic nitrogens is 1. The van der Waals surface area contributed by atoms with E-state index in [2.05, 4.69) is 61.9 Å². The van der Waals surface area contributed by atoms with E-state index in [4.69, 9.17) is 4.74 Å². The van der Waals surface area contributed by atoms with Gasteiger partial charge < -0.3 is 9.64 Å². The molecular weight excluding hydrogens is 380 g/mol. The van der Waals surface area contributed by atoms with Crippen molar-refractivity contribution < 1.29 is 4.74 Å². The van der Waals surface area contributed by atoms with Crippen LogP contribution in [-0.2, 0) is 5.41 Å². The standard InChI is InChI=1S/C23H32N4OS/c1-14(2)23(7,8)21-18(12-24)22(29-26-21)28-20-11-16(5)19(10-17(20)6)25-13-27(9)15(3)4/h10-11,13-15H,1-9H3. The summed E-state index contributed by atoms with van der Waals surface area (Å²) in [6.45, 7) is 16.8. The minimum Gasteiger partial charge on any atom is -0.443 e. The van der Waals surface area contributed by atoms with Crippen LogP contribution < -0.4 is 4.74 Å². The van der Waals surface area contributed by atoms with E-state index in [1.54, 1.807) is 0 Å². The topological polar surface area (TPSA) is 61.5 Å². The first-order valence-corrected chi connectivity index (χ1v) is 10.7. The van der Waals surface area contributed by atoms with Crippen LogP contribution in [0.3, 0.4) is 0 Å². The van der Waals surface area contributed by atoms with Crippen molar-refractivity contribution >= 4 is 23.6 Å². The fourth-order valence-electron chi connectivity index (χ4n) is 2.57. The summed E-state index contributed by atoms with van der Waals surface area (Å²) in [5.74, 6) is 1.09. The first-order chi connectivity index (χ1) is 13.5. The molecule has 5 nitrogen and oxygen atoms in total. The minimum absolute atomic E-state index is 0.199. The fraction of sp³-hybridized carbons (Fsp3) is 0.522. The van der Waals surface area contributed by atoms with E-state index in [1.807, 2.05) is 39.4 Å². The first kappa shape index (κ1) is 22.9. The van der Waals surface area contributed by atoms with Crippen molar-refractivity contribution in [2.75, 3.05) is 7.05 Å². The molecule has 2 rings (SSSR count). The lowest BCUT2D eigenvalue weighted by atomic mass is 9.77. The van der Waals surface area contributed by atoms with Gasteiger partial charge >= 0.3 is 0 Å². The summed E-state index contributed by atoms with van der Waals surface area (Å²) < 4.78 is 10.7. The maximum atomic E-state index is 9.76. The zero-order valence-corrected chi connectivity index (χ0v) is 19.8. The zero-order valence-electron chi connectivity index (χ0n) is 19.0. The molecule has 6 heteroatoms. The lowest BCUT2D eigenvalue weighted by molar-refractivity contribution is 0.363. The lowest BCUT2D eigenvalue weighted by Gasteiger charge is -2.27. The molecule has 156 valence electrons. The molecule has 1 aromatic heterocycles. The summed E-state index contributed by atoms with van der Waals surface area (Å²) in [4.78, 5) is 6.67.